The number of aryl methyl sites for hydroxylation is 2. The summed E-state index contributed by atoms with van der Waals surface area (Å²) < 4.78 is 1.93. The fourth-order valence-corrected chi connectivity index (χ4v) is 2.39. The van der Waals surface area contributed by atoms with E-state index < -0.39 is 5.97 Å². The molecule has 0 atom stereocenters. The summed E-state index contributed by atoms with van der Waals surface area (Å²) in [7, 11) is 0. The van der Waals surface area contributed by atoms with Crippen LogP contribution in [-0.4, -0.2) is 33.1 Å². The van der Waals surface area contributed by atoms with E-state index in [1.165, 1.54) is 0 Å². The van der Waals surface area contributed by atoms with Crippen molar-refractivity contribution < 1.29 is 14.7 Å². The molecule has 2 aromatic rings. The van der Waals surface area contributed by atoms with Crippen LogP contribution >= 0.6 is 0 Å². The van der Waals surface area contributed by atoms with Crippen LogP contribution in [0.2, 0.25) is 0 Å². The average molecular weight is 289 g/mol. The molecule has 0 aliphatic carbocycles. The number of carbonyl (C=O) groups is 2. The summed E-state index contributed by atoms with van der Waals surface area (Å²) in [6.45, 7) is 4.94. The van der Waals surface area contributed by atoms with Gasteiger partial charge < -0.3 is 15.0 Å². The van der Waals surface area contributed by atoms with E-state index in [1.54, 1.807) is 12.1 Å². The van der Waals surface area contributed by atoms with E-state index in [4.69, 9.17) is 0 Å². The molecule has 0 bridgehead atoms. The number of rotatable bonds is 6. The SMILES string of the molecule is CCNC(=O)CCn1c(CC)nc2c(C(=O)O)cccc21. The van der Waals surface area contributed by atoms with Crippen molar-refractivity contribution >= 4 is 22.9 Å². The van der Waals surface area contributed by atoms with E-state index in [-0.39, 0.29) is 11.5 Å². The molecule has 1 aromatic carbocycles. The number of para-hydroxylation sites is 1. The van der Waals surface area contributed by atoms with Crippen molar-refractivity contribution in [1.29, 1.82) is 0 Å². The summed E-state index contributed by atoms with van der Waals surface area (Å²) in [6.07, 6.45) is 1.03. The van der Waals surface area contributed by atoms with Gasteiger partial charge in [-0.15, -0.1) is 0 Å². The van der Waals surface area contributed by atoms with Gasteiger partial charge in [-0.05, 0) is 19.1 Å². The molecular weight excluding hydrogens is 270 g/mol. The number of carboxylic acids is 1. The molecule has 0 radical (unpaired) electrons. The lowest BCUT2D eigenvalue weighted by Crippen LogP contribution is -2.24. The molecule has 2 rings (SSSR count). The van der Waals surface area contributed by atoms with Gasteiger partial charge in [-0.25, -0.2) is 9.78 Å². The molecule has 0 aliphatic rings. The number of hydrogen-bond acceptors (Lipinski definition) is 3. The van der Waals surface area contributed by atoms with Gasteiger partial charge in [-0.3, -0.25) is 4.79 Å². The number of hydrogen-bond donors (Lipinski definition) is 2. The molecule has 1 heterocycles. The standard InChI is InChI=1S/C15H19N3O3/c1-3-12-17-14-10(15(20)21)6-5-7-11(14)18(12)9-8-13(19)16-4-2/h5-7H,3-4,8-9H2,1-2H3,(H,16,19)(H,20,21). The van der Waals surface area contributed by atoms with Crippen LogP contribution in [0.3, 0.4) is 0 Å². The van der Waals surface area contributed by atoms with E-state index in [0.29, 0.717) is 31.4 Å². The van der Waals surface area contributed by atoms with Crippen LogP contribution in [0.1, 0.15) is 36.5 Å². The second kappa shape index (κ2) is 6.39. The smallest absolute Gasteiger partial charge is 0.337 e. The van der Waals surface area contributed by atoms with Crippen molar-refractivity contribution in [2.45, 2.75) is 33.2 Å². The molecule has 6 nitrogen and oxygen atoms in total. The van der Waals surface area contributed by atoms with Crippen LogP contribution in [0.15, 0.2) is 18.2 Å². The average Bonchev–Trinajstić information content (AvgIpc) is 2.82. The molecule has 0 saturated carbocycles. The van der Waals surface area contributed by atoms with Gasteiger partial charge in [0.05, 0.1) is 11.1 Å². The third-order valence-electron chi connectivity index (χ3n) is 3.34. The van der Waals surface area contributed by atoms with E-state index in [1.807, 2.05) is 24.5 Å². The quantitative estimate of drug-likeness (QED) is 0.849. The number of aromatic nitrogens is 2. The Labute approximate surface area is 122 Å². The summed E-state index contributed by atoms with van der Waals surface area (Å²) >= 11 is 0. The fourth-order valence-electron chi connectivity index (χ4n) is 2.39. The number of nitrogens with one attached hydrogen (secondary N) is 1. The van der Waals surface area contributed by atoms with Crippen LogP contribution in [0.25, 0.3) is 11.0 Å². The van der Waals surface area contributed by atoms with E-state index in [0.717, 1.165) is 11.3 Å². The molecule has 1 aromatic heterocycles. The predicted octanol–water partition coefficient (Wildman–Crippen LogP) is 1.82. The van der Waals surface area contributed by atoms with Crippen molar-refractivity contribution in [3.8, 4) is 0 Å². The zero-order chi connectivity index (χ0) is 15.4. The molecule has 0 saturated heterocycles. The number of fused-ring (bicyclic) bond motifs is 1. The summed E-state index contributed by atoms with van der Waals surface area (Å²) in [5, 5.41) is 12.0. The van der Waals surface area contributed by atoms with Crippen molar-refractivity contribution in [3.63, 3.8) is 0 Å². The summed E-state index contributed by atoms with van der Waals surface area (Å²) in [6, 6.07) is 5.09. The number of aromatic carboxylic acids is 1. The van der Waals surface area contributed by atoms with E-state index >= 15 is 0 Å². The first kappa shape index (κ1) is 15.0. The van der Waals surface area contributed by atoms with Crippen molar-refractivity contribution in [2.75, 3.05) is 6.54 Å². The first-order valence-corrected chi connectivity index (χ1v) is 7.06. The largest absolute Gasteiger partial charge is 0.478 e. The lowest BCUT2D eigenvalue weighted by Gasteiger charge is -2.08. The molecule has 0 unspecified atom stereocenters. The van der Waals surface area contributed by atoms with Gasteiger partial charge in [-0.1, -0.05) is 13.0 Å². The molecule has 21 heavy (non-hydrogen) atoms. The van der Waals surface area contributed by atoms with Crippen LogP contribution in [0.5, 0.6) is 0 Å². The van der Waals surface area contributed by atoms with Crippen LogP contribution in [0.4, 0.5) is 0 Å². The summed E-state index contributed by atoms with van der Waals surface area (Å²) in [5.74, 6) is -0.213. The molecule has 0 aliphatic heterocycles. The Bertz CT molecular complexity index is 676. The van der Waals surface area contributed by atoms with Gasteiger partial charge >= 0.3 is 5.97 Å². The molecule has 1 amide bonds. The highest BCUT2D eigenvalue weighted by Crippen LogP contribution is 2.21. The van der Waals surface area contributed by atoms with Gasteiger partial charge in [0, 0.05) is 25.9 Å². The first-order chi connectivity index (χ1) is 10.1. The summed E-state index contributed by atoms with van der Waals surface area (Å²) in [5.41, 5.74) is 1.44. The van der Waals surface area contributed by atoms with Crippen molar-refractivity contribution in [2.24, 2.45) is 0 Å². The first-order valence-electron chi connectivity index (χ1n) is 7.06. The molecular formula is C15H19N3O3. The van der Waals surface area contributed by atoms with Gasteiger partial charge in [0.25, 0.3) is 0 Å². The highest BCUT2D eigenvalue weighted by molar-refractivity contribution is 6.01. The predicted molar refractivity (Wildman–Crippen MR) is 79.4 cm³/mol. The monoisotopic (exact) mass is 289 g/mol. The van der Waals surface area contributed by atoms with E-state index in [9.17, 15) is 14.7 Å². The van der Waals surface area contributed by atoms with Crippen LogP contribution in [-0.2, 0) is 17.8 Å². The topological polar surface area (TPSA) is 84.2 Å². The Balaban J connectivity index is 2.40. The van der Waals surface area contributed by atoms with Gasteiger partial charge in [0.1, 0.15) is 11.3 Å². The number of amides is 1. The highest BCUT2D eigenvalue weighted by atomic mass is 16.4. The lowest BCUT2D eigenvalue weighted by molar-refractivity contribution is -0.121. The highest BCUT2D eigenvalue weighted by Gasteiger charge is 2.16. The normalized spacial score (nSPS) is 10.8. The van der Waals surface area contributed by atoms with Gasteiger partial charge in [0.15, 0.2) is 0 Å². The molecule has 2 N–H and O–H groups in total. The lowest BCUT2D eigenvalue weighted by atomic mass is 10.2. The second-order valence-corrected chi connectivity index (χ2v) is 4.72. The summed E-state index contributed by atoms with van der Waals surface area (Å²) in [4.78, 5) is 27.3. The van der Waals surface area contributed by atoms with E-state index in [2.05, 4.69) is 10.3 Å². The third kappa shape index (κ3) is 3.04. The molecule has 112 valence electrons. The van der Waals surface area contributed by atoms with Crippen LogP contribution < -0.4 is 5.32 Å². The van der Waals surface area contributed by atoms with Gasteiger partial charge in [-0.2, -0.15) is 0 Å². The Kier molecular flexibility index (Phi) is 4.57. The third-order valence-corrected chi connectivity index (χ3v) is 3.34. The second-order valence-electron chi connectivity index (χ2n) is 4.72. The number of imidazole rings is 1. The molecule has 0 spiro atoms. The Morgan fingerprint density at radius 2 is 2.10 bits per heavy atom. The maximum Gasteiger partial charge on any atom is 0.337 e. The van der Waals surface area contributed by atoms with Crippen LogP contribution in [0, 0.1) is 0 Å². The minimum Gasteiger partial charge on any atom is -0.478 e. The minimum atomic E-state index is -0.989. The minimum absolute atomic E-state index is 0.0178. The Morgan fingerprint density at radius 3 is 2.71 bits per heavy atom. The molecule has 6 heteroatoms. The number of carbonyl (C=O) groups excluding carboxylic acids is 1. The Morgan fingerprint density at radius 1 is 1.33 bits per heavy atom. The fraction of sp³-hybridized carbons (Fsp3) is 0.400. The maximum atomic E-state index is 11.6. The van der Waals surface area contributed by atoms with Crippen molar-refractivity contribution in [3.05, 3.63) is 29.6 Å². The Hall–Kier alpha value is -2.37. The van der Waals surface area contributed by atoms with Crippen molar-refractivity contribution in [1.82, 2.24) is 14.9 Å². The van der Waals surface area contributed by atoms with Gasteiger partial charge in [0.2, 0.25) is 5.91 Å². The number of benzene rings is 1. The zero-order valence-electron chi connectivity index (χ0n) is 12.2. The zero-order valence-corrected chi connectivity index (χ0v) is 12.2. The number of carboxylic acid groups (broad SMARTS) is 1. The molecule has 0 fully saturated rings. The number of nitrogens with zero attached hydrogens (tertiary/aromatic N) is 2. The maximum absolute atomic E-state index is 11.6.